The summed E-state index contributed by atoms with van der Waals surface area (Å²) in [6.07, 6.45) is 0. The molecule has 0 saturated carbocycles. The average molecular weight is 313 g/mol. The van der Waals surface area contributed by atoms with Crippen molar-refractivity contribution in [1.29, 1.82) is 0 Å². The Hall–Kier alpha value is -2.09. The molecular formula is C13H19N3O4S. The number of amides is 3. The van der Waals surface area contributed by atoms with Crippen LogP contribution in [0.5, 0.6) is 5.75 Å². The number of carbonyl (C=O) groups is 2. The molecule has 116 valence electrons. The van der Waals surface area contributed by atoms with Crippen molar-refractivity contribution < 1.29 is 18.5 Å². The van der Waals surface area contributed by atoms with E-state index in [0.717, 1.165) is 0 Å². The van der Waals surface area contributed by atoms with E-state index in [0.29, 0.717) is 22.9 Å². The smallest absolute Gasteiger partial charge is 0.321 e. The minimum Gasteiger partial charge on any atom is -0.495 e. The summed E-state index contributed by atoms with van der Waals surface area (Å²) in [5.41, 5.74) is 6.09. The second-order valence-electron chi connectivity index (χ2n) is 4.20. The number of hydrogen-bond acceptors (Lipinski definition) is 5. The van der Waals surface area contributed by atoms with Crippen molar-refractivity contribution >= 4 is 28.4 Å². The molecule has 0 bridgehead atoms. The van der Waals surface area contributed by atoms with E-state index in [1.54, 1.807) is 19.1 Å². The highest BCUT2D eigenvalue weighted by molar-refractivity contribution is 7.86. The van der Waals surface area contributed by atoms with Crippen LogP contribution in [0.2, 0.25) is 0 Å². The Labute approximate surface area is 125 Å². The van der Waals surface area contributed by atoms with E-state index in [4.69, 9.17) is 10.5 Å². The molecule has 8 heteroatoms. The summed E-state index contributed by atoms with van der Waals surface area (Å²) < 4.78 is 17.5. The van der Waals surface area contributed by atoms with Crippen LogP contribution in [0.15, 0.2) is 23.1 Å². The molecule has 1 aromatic rings. The molecule has 21 heavy (non-hydrogen) atoms. The van der Waals surface area contributed by atoms with Gasteiger partial charge in [-0.1, -0.05) is 0 Å². The monoisotopic (exact) mass is 313 g/mol. The van der Waals surface area contributed by atoms with Crippen LogP contribution in [0.25, 0.3) is 0 Å². The SMILES string of the molecule is CCNC(=O)NC(=O)C(C)S(=O)c1ccc(N)cc1OC. The number of benzene rings is 1. The first-order chi connectivity index (χ1) is 9.90. The quantitative estimate of drug-likeness (QED) is 0.690. The molecule has 0 aromatic heterocycles. The van der Waals surface area contributed by atoms with Crippen molar-refractivity contribution in [1.82, 2.24) is 10.6 Å². The minimum atomic E-state index is -1.67. The molecule has 4 N–H and O–H groups in total. The van der Waals surface area contributed by atoms with Gasteiger partial charge in [-0.05, 0) is 26.0 Å². The molecule has 0 spiro atoms. The van der Waals surface area contributed by atoms with E-state index in [-0.39, 0.29) is 0 Å². The van der Waals surface area contributed by atoms with Crippen LogP contribution in [0, 0.1) is 0 Å². The zero-order chi connectivity index (χ0) is 16.0. The molecule has 0 aliphatic heterocycles. The van der Waals surface area contributed by atoms with Crippen molar-refractivity contribution in [2.24, 2.45) is 0 Å². The van der Waals surface area contributed by atoms with Crippen molar-refractivity contribution in [3.63, 3.8) is 0 Å². The highest BCUT2D eigenvalue weighted by Gasteiger charge is 2.25. The molecule has 0 aliphatic rings. The van der Waals surface area contributed by atoms with Crippen LogP contribution in [0.3, 0.4) is 0 Å². The van der Waals surface area contributed by atoms with E-state index >= 15 is 0 Å². The zero-order valence-electron chi connectivity index (χ0n) is 12.1. The van der Waals surface area contributed by atoms with Crippen molar-refractivity contribution in [2.45, 2.75) is 24.0 Å². The fourth-order valence-electron chi connectivity index (χ4n) is 1.56. The number of rotatable bonds is 5. The van der Waals surface area contributed by atoms with Crippen LogP contribution < -0.4 is 21.1 Å². The molecule has 1 aromatic carbocycles. The summed E-state index contributed by atoms with van der Waals surface area (Å²) in [4.78, 5) is 23.5. The fraction of sp³-hybridized carbons (Fsp3) is 0.385. The summed E-state index contributed by atoms with van der Waals surface area (Å²) in [5, 5.41) is 3.65. The van der Waals surface area contributed by atoms with Gasteiger partial charge in [-0.15, -0.1) is 0 Å². The first kappa shape index (κ1) is 17.0. The molecule has 0 aliphatic carbocycles. The average Bonchev–Trinajstić information content (AvgIpc) is 2.45. The molecule has 0 heterocycles. The second kappa shape index (κ2) is 7.63. The van der Waals surface area contributed by atoms with Gasteiger partial charge in [0.25, 0.3) is 0 Å². The predicted octanol–water partition coefficient (Wildman–Crippen LogP) is 0.619. The molecular weight excluding hydrogens is 294 g/mol. The Bertz CT molecular complexity index is 562. The van der Waals surface area contributed by atoms with Gasteiger partial charge in [-0.3, -0.25) is 14.3 Å². The lowest BCUT2D eigenvalue weighted by molar-refractivity contribution is -0.119. The van der Waals surface area contributed by atoms with Crippen LogP contribution in [-0.2, 0) is 15.6 Å². The fourth-order valence-corrected chi connectivity index (χ4v) is 2.73. The van der Waals surface area contributed by atoms with E-state index in [9.17, 15) is 13.8 Å². The zero-order valence-corrected chi connectivity index (χ0v) is 13.0. The van der Waals surface area contributed by atoms with Gasteiger partial charge >= 0.3 is 6.03 Å². The van der Waals surface area contributed by atoms with Gasteiger partial charge < -0.3 is 15.8 Å². The standard InChI is InChI=1S/C13H19N3O4S/c1-4-15-13(18)16-12(17)8(2)21(19)11-6-5-9(14)7-10(11)20-3/h5-8H,4,14H2,1-3H3,(H2,15,16,17,18). The van der Waals surface area contributed by atoms with Crippen molar-refractivity contribution in [2.75, 3.05) is 19.4 Å². The normalized spacial score (nSPS) is 13.1. The number of ether oxygens (including phenoxy) is 1. The number of urea groups is 1. The molecule has 3 amide bonds. The first-order valence-corrected chi connectivity index (χ1v) is 7.54. The third-order valence-electron chi connectivity index (χ3n) is 2.67. The third kappa shape index (κ3) is 4.45. The van der Waals surface area contributed by atoms with Crippen molar-refractivity contribution in [3.8, 4) is 5.75 Å². The highest BCUT2D eigenvalue weighted by Crippen LogP contribution is 2.26. The number of nitrogens with one attached hydrogen (secondary N) is 2. The lowest BCUT2D eigenvalue weighted by Crippen LogP contribution is -2.44. The lowest BCUT2D eigenvalue weighted by atomic mass is 10.3. The number of imide groups is 1. The van der Waals surface area contributed by atoms with Gasteiger partial charge in [0, 0.05) is 18.3 Å². The van der Waals surface area contributed by atoms with E-state index in [2.05, 4.69) is 10.6 Å². The number of carbonyl (C=O) groups excluding carboxylic acids is 2. The Morgan fingerprint density at radius 2 is 2.10 bits per heavy atom. The Morgan fingerprint density at radius 3 is 2.67 bits per heavy atom. The number of nitrogens with two attached hydrogens (primary N) is 1. The van der Waals surface area contributed by atoms with Crippen LogP contribution in [0.4, 0.5) is 10.5 Å². The summed E-state index contributed by atoms with van der Waals surface area (Å²) in [5.74, 6) is -0.288. The topological polar surface area (TPSA) is 111 Å². The summed E-state index contributed by atoms with van der Waals surface area (Å²) in [6, 6.07) is 4.03. The van der Waals surface area contributed by atoms with E-state index in [1.165, 1.54) is 20.1 Å². The molecule has 0 saturated heterocycles. The number of hydrogen-bond donors (Lipinski definition) is 3. The highest BCUT2D eigenvalue weighted by atomic mass is 32.2. The lowest BCUT2D eigenvalue weighted by Gasteiger charge is -2.14. The second-order valence-corrected chi connectivity index (χ2v) is 5.94. The maximum atomic E-state index is 12.4. The van der Waals surface area contributed by atoms with Crippen LogP contribution >= 0.6 is 0 Å². The largest absolute Gasteiger partial charge is 0.495 e. The van der Waals surface area contributed by atoms with E-state index < -0.39 is 28.0 Å². The Balaban J connectivity index is 2.87. The maximum Gasteiger partial charge on any atom is 0.321 e. The summed E-state index contributed by atoms with van der Waals surface area (Å²) in [6.45, 7) is 3.59. The molecule has 1 rings (SSSR count). The van der Waals surface area contributed by atoms with Gasteiger partial charge in [-0.2, -0.15) is 0 Å². The molecule has 2 atom stereocenters. The minimum absolute atomic E-state index is 0.339. The number of anilines is 1. The maximum absolute atomic E-state index is 12.4. The van der Waals surface area contributed by atoms with Gasteiger partial charge in [0.1, 0.15) is 11.0 Å². The number of methoxy groups -OCH3 is 1. The Morgan fingerprint density at radius 1 is 1.43 bits per heavy atom. The summed E-state index contributed by atoms with van der Waals surface area (Å²) >= 11 is 0. The summed E-state index contributed by atoms with van der Waals surface area (Å²) in [7, 11) is -0.245. The van der Waals surface area contributed by atoms with Gasteiger partial charge in [0.05, 0.1) is 22.8 Å². The van der Waals surface area contributed by atoms with Gasteiger partial charge in [0.2, 0.25) is 5.91 Å². The van der Waals surface area contributed by atoms with E-state index in [1.807, 2.05) is 0 Å². The number of nitrogen functional groups attached to an aromatic ring is 1. The van der Waals surface area contributed by atoms with Crippen molar-refractivity contribution in [3.05, 3.63) is 18.2 Å². The molecule has 0 fully saturated rings. The first-order valence-electron chi connectivity index (χ1n) is 6.33. The predicted molar refractivity (Wildman–Crippen MR) is 80.5 cm³/mol. The van der Waals surface area contributed by atoms with Gasteiger partial charge in [0.15, 0.2) is 0 Å². The Kier molecular flexibility index (Phi) is 6.16. The molecule has 2 unspecified atom stereocenters. The van der Waals surface area contributed by atoms with Crippen LogP contribution in [0.1, 0.15) is 13.8 Å². The third-order valence-corrected chi connectivity index (χ3v) is 4.30. The van der Waals surface area contributed by atoms with Gasteiger partial charge in [-0.25, -0.2) is 4.79 Å². The van der Waals surface area contributed by atoms with Crippen LogP contribution in [-0.4, -0.2) is 35.1 Å². The molecule has 7 nitrogen and oxygen atoms in total. The molecule has 0 radical (unpaired) electrons.